The standard InChI is InChI=1S/C10H10ClNS/c1-8(6-12)7-13-10-5-3-2-4-9(10)11/h2-5,8H,7H2,1H3. The fourth-order valence-corrected chi connectivity index (χ4v) is 2.00. The first-order chi connectivity index (χ1) is 6.24. The highest BCUT2D eigenvalue weighted by molar-refractivity contribution is 7.99. The maximum atomic E-state index is 8.59. The van der Waals surface area contributed by atoms with Crippen LogP contribution in [0.2, 0.25) is 5.02 Å². The Morgan fingerprint density at radius 3 is 2.85 bits per heavy atom. The second kappa shape index (κ2) is 5.16. The molecule has 0 amide bonds. The molecule has 0 aliphatic rings. The van der Waals surface area contributed by atoms with E-state index in [0.717, 1.165) is 15.7 Å². The van der Waals surface area contributed by atoms with Gasteiger partial charge < -0.3 is 0 Å². The van der Waals surface area contributed by atoms with Crippen molar-refractivity contribution in [2.24, 2.45) is 5.92 Å². The second-order valence-electron chi connectivity index (χ2n) is 2.77. The highest BCUT2D eigenvalue weighted by Gasteiger charge is 2.03. The fraction of sp³-hybridized carbons (Fsp3) is 0.300. The van der Waals surface area contributed by atoms with Gasteiger partial charge in [0.25, 0.3) is 0 Å². The third kappa shape index (κ3) is 3.30. The summed E-state index contributed by atoms with van der Waals surface area (Å²) >= 11 is 7.57. The summed E-state index contributed by atoms with van der Waals surface area (Å²) in [5, 5.41) is 9.35. The quantitative estimate of drug-likeness (QED) is 0.714. The van der Waals surface area contributed by atoms with Gasteiger partial charge in [-0.3, -0.25) is 0 Å². The molecule has 1 aromatic carbocycles. The SMILES string of the molecule is CC(C#N)CSc1ccccc1Cl. The summed E-state index contributed by atoms with van der Waals surface area (Å²) in [7, 11) is 0. The normalized spacial score (nSPS) is 12.1. The Labute approximate surface area is 87.7 Å². The van der Waals surface area contributed by atoms with Crippen molar-refractivity contribution >= 4 is 23.4 Å². The number of hydrogen-bond acceptors (Lipinski definition) is 2. The van der Waals surface area contributed by atoms with Crippen LogP contribution in [0.1, 0.15) is 6.92 Å². The summed E-state index contributed by atoms with van der Waals surface area (Å²) in [6.45, 7) is 1.91. The van der Waals surface area contributed by atoms with E-state index in [1.54, 1.807) is 11.8 Å². The van der Waals surface area contributed by atoms with Gasteiger partial charge in [-0.1, -0.05) is 23.7 Å². The lowest BCUT2D eigenvalue weighted by Crippen LogP contribution is -1.92. The largest absolute Gasteiger partial charge is 0.198 e. The predicted molar refractivity (Wildman–Crippen MR) is 57.0 cm³/mol. The fourth-order valence-electron chi connectivity index (χ4n) is 0.814. The van der Waals surface area contributed by atoms with E-state index in [-0.39, 0.29) is 5.92 Å². The summed E-state index contributed by atoms with van der Waals surface area (Å²) in [6.07, 6.45) is 0. The molecule has 0 aliphatic carbocycles. The van der Waals surface area contributed by atoms with Crippen molar-refractivity contribution in [3.05, 3.63) is 29.3 Å². The molecule has 1 aromatic rings. The van der Waals surface area contributed by atoms with Crippen molar-refractivity contribution in [1.29, 1.82) is 5.26 Å². The molecule has 0 aromatic heterocycles. The van der Waals surface area contributed by atoms with Gasteiger partial charge in [-0.15, -0.1) is 11.8 Å². The number of nitriles is 1. The van der Waals surface area contributed by atoms with E-state index >= 15 is 0 Å². The van der Waals surface area contributed by atoms with E-state index in [1.807, 2.05) is 31.2 Å². The molecule has 0 bridgehead atoms. The summed E-state index contributed by atoms with van der Waals surface area (Å²) in [5.74, 6) is 0.863. The smallest absolute Gasteiger partial charge is 0.0661 e. The molecule has 0 N–H and O–H groups in total. The number of benzene rings is 1. The molecule has 1 atom stereocenters. The molecule has 1 rings (SSSR count). The lowest BCUT2D eigenvalue weighted by Gasteiger charge is -2.03. The summed E-state index contributed by atoms with van der Waals surface area (Å²) in [6, 6.07) is 9.87. The molecular weight excluding hydrogens is 202 g/mol. The second-order valence-corrected chi connectivity index (χ2v) is 4.24. The van der Waals surface area contributed by atoms with E-state index in [9.17, 15) is 0 Å². The molecule has 3 heteroatoms. The highest BCUT2D eigenvalue weighted by atomic mass is 35.5. The van der Waals surface area contributed by atoms with Gasteiger partial charge in [-0.2, -0.15) is 5.26 Å². The van der Waals surface area contributed by atoms with Gasteiger partial charge in [-0.25, -0.2) is 0 Å². The highest BCUT2D eigenvalue weighted by Crippen LogP contribution is 2.27. The maximum absolute atomic E-state index is 8.59. The van der Waals surface area contributed by atoms with Crippen LogP contribution in [0.25, 0.3) is 0 Å². The molecule has 1 nitrogen and oxygen atoms in total. The van der Waals surface area contributed by atoms with Crippen LogP contribution in [-0.4, -0.2) is 5.75 Å². The van der Waals surface area contributed by atoms with Crippen LogP contribution in [0.5, 0.6) is 0 Å². The van der Waals surface area contributed by atoms with E-state index in [4.69, 9.17) is 16.9 Å². The van der Waals surface area contributed by atoms with Crippen LogP contribution in [0.3, 0.4) is 0 Å². The Morgan fingerprint density at radius 2 is 2.23 bits per heavy atom. The molecular formula is C10H10ClNS. The van der Waals surface area contributed by atoms with Gasteiger partial charge in [-0.05, 0) is 19.1 Å². The van der Waals surface area contributed by atoms with Crippen molar-refractivity contribution in [3.63, 3.8) is 0 Å². The molecule has 0 spiro atoms. The van der Waals surface area contributed by atoms with Crippen LogP contribution in [0.4, 0.5) is 0 Å². The molecule has 0 aliphatic heterocycles. The van der Waals surface area contributed by atoms with Crippen molar-refractivity contribution in [3.8, 4) is 6.07 Å². The van der Waals surface area contributed by atoms with Crippen molar-refractivity contribution in [2.45, 2.75) is 11.8 Å². The molecule has 0 saturated carbocycles. The monoisotopic (exact) mass is 211 g/mol. The molecule has 68 valence electrons. The van der Waals surface area contributed by atoms with Gasteiger partial charge in [0, 0.05) is 10.6 Å². The van der Waals surface area contributed by atoms with Gasteiger partial charge in [0.15, 0.2) is 0 Å². The van der Waals surface area contributed by atoms with Gasteiger partial charge in [0.2, 0.25) is 0 Å². The predicted octanol–water partition coefficient (Wildman–Crippen LogP) is 3.59. The molecule has 0 fully saturated rings. The third-order valence-corrected chi connectivity index (χ3v) is 3.32. The number of thioether (sulfide) groups is 1. The maximum Gasteiger partial charge on any atom is 0.0661 e. The molecule has 0 saturated heterocycles. The van der Waals surface area contributed by atoms with Crippen LogP contribution >= 0.6 is 23.4 Å². The van der Waals surface area contributed by atoms with Gasteiger partial charge >= 0.3 is 0 Å². The molecule has 0 heterocycles. The Bertz CT molecular complexity index is 319. The van der Waals surface area contributed by atoms with Gasteiger partial charge in [0.1, 0.15) is 0 Å². The Balaban J connectivity index is 2.56. The van der Waals surface area contributed by atoms with Crippen LogP contribution in [0.15, 0.2) is 29.2 Å². The molecule has 13 heavy (non-hydrogen) atoms. The van der Waals surface area contributed by atoms with E-state index in [2.05, 4.69) is 6.07 Å². The zero-order chi connectivity index (χ0) is 9.68. The lowest BCUT2D eigenvalue weighted by molar-refractivity contribution is 0.864. The Morgan fingerprint density at radius 1 is 1.54 bits per heavy atom. The van der Waals surface area contributed by atoms with E-state index in [1.165, 1.54) is 0 Å². The zero-order valence-electron chi connectivity index (χ0n) is 7.33. The topological polar surface area (TPSA) is 23.8 Å². The molecule has 1 unspecified atom stereocenters. The van der Waals surface area contributed by atoms with Gasteiger partial charge in [0.05, 0.1) is 17.0 Å². The van der Waals surface area contributed by atoms with Crippen molar-refractivity contribution in [2.75, 3.05) is 5.75 Å². The van der Waals surface area contributed by atoms with Crippen molar-refractivity contribution < 1.29 is 0 Å². The number of hydrogen-bond donors (Lipinski definition) is 0. The average molecular weight is 212 g/mol. The minimum absolute atomic E-state index is 0.0706. The number of halogens is 1. The first kappa shape index (κ1) is 10.4. The van der Waals surface area contributed by atoms with Crippen LogP contribution < -0.4 is 0 Å². The van der Waals surface area contributed by atoms with E-state index in [0.29, 0.717) is 0 Å². The summed E-state index contributed by atoms with van der Waals surface area (Å²) < 4.78 is 0. The number of rotatable bonds is 3. The third-order valence-electron chi connectivity index (χ3n) is 1.55. The van der Waals surface area contributed by atoms with E-state index < -0.39 is 0 Å². The first-order valence-electron chi connectivity index (χ1n) is 4.01. The minimum atomic E-state index is 0.0706. The number of nitrogens with zero attached hydrogens (tertiary/aromatic N) is 1. The van der Waals surface area contributed by atoms with Crippen LogP contribution in [0, 0.1) is 17.2 Å². The summed E-state index contributed by atoms with van der Waals surface area (Å²) in [4.78, 5) is 1.05. The summed E-state index contributed by atoms with van der Waals surface area (Å²) in [5.41, 5.74) is 0. The molecule has 0 radical (unpaired) electrons. The average Bonchev–Trinajstić information content (AvgIpc) is 2.16. The lowest BCUT2D eigenvalue weighted by atomic mass is 10.3. The zero-order valence-corrected chi connectivity index (χ0v) is 8.90. The van der Waals surface area contributed by atoms with Crippen molar-refractivity contribution in [1.82, 2.24) is 0 Å². The van der Waals surface area contributed by atoms with Crippen LogP contribution in [-0.2, 0) is 0 Å². The minimum Gasteiger partial charge on any atom is -0.198 e. The Kier molecular flexibility index (Phi) is 4.14. The first-order valence-corrected chi connectivity index (χ1v) is 5.37. The Hall–Kier alpha value is -0.650.